The third kappa shape index (κ3) is 2.20. The van der Waals surface area contributed by atoms with Crippen LogP contribution in [0.15, 0.2) is 48.5 Å². The summed E-state index contributed by atoms with van der Waals surface area (Å²) in [5.74, 6) is 0.194. The average molecular weight is 386 g/mol. The topological polar surface area (TPSA) is 37.4 Å². The number of carbonyl (C=O) groups is 2. The van der Waals surface area contributed by atoms with E-state index in [-0.39, 0.29) is 35.5 Å². The molecule has 0 N–H and O–H groups in total. The quantitative estimate of drug-likeness (QED) is 0.687. The van der Waals surface area contributed by atoms with E-state index in [4.69, 9.17) is 23.2 Å². The number of halogens is 2. The van der Waals surface area contributed by atoms with E-state index < -0.39 is 0 Å². The van der Waals surface area contributed by atoms with Crippen LogP contribution in [0.2, 0.25) is 10.0 Å². The van der Waals surface area contributed by atoms with Crippen molar-refractivity contribution >= 4 is 40.7 Å². The number of fused-ring (bicyclic) bond motifs is 5. The van der Waals surface area contributed by atoms with Crippen LogP contribution in [0, 0.1) is 23.7 Å². The predicted molar refractivity (Wildman–Crippen MR) is 101 cm³/mol. The molecule has 5 heteroatoms. The normalized spacial score (nSPS) is 32.4. The maximum Gasteiger partial charge on any atom is 0.238 e. The molecule has 0 unspecified atom stereocenters. The predicted octanol–water partition coefficient (Wildman–Crippen LogP) is 4.92. The van der Waals surface area contributed by atoms with Crippen LogP contribution in [0.25, 0.3) is 0 Å². The molecule has 2 saturated carbocycles. The monoisotopic (exact) mass is 385 g/mol. The van der Waals surface area contributed by atoms with E-state index in [0.717, 1.165) is 12.8 Å². The highest BCUT2D eigenvalue weighted by Crippen LogP contribution is 2.62. The molecule has 0 radical (unpaired) electrons. The van der Waals surface area contributed by atoms with Gasteiger partial charge in [0, 0.05) is 5.02 Å². The number of hydrogen-bond acceptors (Lipinski definition) is 2. The Balaban J connectivity index is 1.52. The van der Waals surface area contributed by atoms with E-state index in [0.29, 0.717) is 21.7 Å². The van der Waals surface area contributed by atoms with Crippen LogP contribution < -0.4 is 4.90 Å². The van der Waals surface area contributed by atoms with Crippen molar-refractivity contribution in [3.63, 3.8) is 0 Å². The zero-order chi connectivity index (χ0) is 18.0. The highest BCUT2D eigenvalue weighted by Gasteiger charge is 2.64. The minimum absolute atomic E-state index is 0.108. The van der Waals surface area contributed by atoms with Crippen molar-refractivity contribution < 1.29 is 9.59 Å². The number of rotatable bonds is 2. The Labute approximate surface area is 161 Å². The maximum atomic E-state index is 13.2. The highest BCUT2D eigenvalue weighted by atomic mass is 35.5. The average Bonchev–Trinajstić information content (AvgIpc) is 3.30. The molecule has 26 heavy (non-hydrogen) atoms. The molecule has 3 fully saturated rings. The van der Waals surface area contributed by atoms with Gasteiger partial charge in [-0.1, -0.05) is 53.5 Å². The molecule has 1 heterocycles. The van der Waals surface area contributed by atoms with Crippen LogP contribution in [-0.2, 0) is 9.59 Å². The SMILES string of the molecule is O=C1[C@@H]2[C@@H]3C[C@@H]([C@@H]2C(=O)N1c1cc(Cl)ccc1Cl)[C@H](c1ccccc1)C3. The summed E-state index contributed by atoms with van der Waals surface area (Å²) >= 11 is 12.3. The lowest BCUT2D eigenvalue weighted by Gasteiger charge is -2.28. The molecule has 0 spiro atoms. The molecule has 5 rings (SSSR count). The van der Waals surface area contributed by atoms with Gasteiger partial charge < -0.3 is 0 Å². The van der Waals surface area contributed by atoms with E-state index in [9.17, 15) is 9.59 Å². The van der Waals surface area contributed by atoms with Gasteiger partial charge in [0.25, 0.3) is 0 Å². The second-order valence-corrected chi connectivity index (χ2v) is 8.42. The summed E-state index contributed by atoms with van der Waals surface area (Å²) in [7, 11) is 0. The van der Waals surface area contributed by atoms with E-state index in [1.54, 1.807) is 18.2 Å². The summed E-state index contributed by atoms with van der Waals surface area (Å²) in [6.45, 7) is 0. The number of hydrogen-bond donors (Lipinski definition) is 0. The van der Waals surface area contributed by atoms with Crippen LogP contribution in [0.3, 0.4) is 0 Å². The second-order valence-electron chi connectivity index (χ2n) is 7.57. The molecular formula is C21H17Cl2NO2. The molecule has 5 atom stereocenters. The Morgan fingerprint density at radius 1 is 0.885 bits per heavy atom. The minimum atomic E-state index is -0.235. The number of benzene rings is 2. The lowest BCUT2D eigenvalue weighted by molar-refractivity contribution is -0.123. The van der Waals surface area contributed by atoms with E-state index in [1.165, 1.54) is 10.5 Å². The van der Waals surface area contributed by atoms with Crippen molar-refractivity contribution in [3.05, 3.63) is 64.1 Å². The maximum absolute atomic E-state index is 13.2. The van der Waals surface area contributed by atoms with Crippen LogP contribution in [-0.4, -0.2) is 11.8 Å². The van der Waals surface area contributed by atoms with Gasteiger partial charge in [0.05, 0.1) is 22.5 Å². The molecule has 1 saturated heterocycles. The first-order valence-electron chi connectivity index (χ1n) is 8.94. The summed E-state index contributed by atoms with van der Waals surface area (Å²) in [6.07, 6.45) is 1.94. The number of amides is 2. The van der Waals surface area contributed by atoms with E-state index in [2.05, 4.69) is 12.1 Å². The first kappa shape index (κ1) is 16.3. The van der Waals surface area contributed by atoms with Gasteiger partial charge in [0.15, 0.2) is 0 Å². The third-order valence-electron chi connectivity index (χ3n) is 6.39. The number of imide groups is 1. The van der Waals surface area contributed by atoms with Crippen molar-refractivity contribution in [3.8, 4) is 0 Å². The van der Waals surface area contributed by atoms with Gasteiger partial charge in [0.2, 0.25) is 11.8 Å². The van der Waals surface area contributed by atoms with Crippen LogP contribution in [0.4, 0.5) is 5.69 Å². The second kappa shape index (κ2) is 5.83. The van der Waals surface area contributed by atoms with Gasteiger partial charge in [-0.15, -0.1) is 0 Å². The lowest BCUT2D eigenvalue weighted by Crippen LogP contribution is -2.33. The molecule has 1 aliphatic heterocycles. The fourth-order valence-electron chi connectivity index (χ4n) is 5.44. The van der Waals surface area contributed by atoms with Gasteiger partial charge in [-0.3, -0.25) is 9.59 Å². The van der Waals surface area contributed by atoms with Crippen molar-refractivity contribution in [2.24, 2.45) is 23.7 Å². The standard InChI is InChI=1S/C21H17Cl2NO2/c22-13-6-7-16(23)17(10-13)24-20(25)18-12-8-14(11-4-2-1-3-5-11)15(9-12)19(18)21(24)26/h1-7,10,12,14-15,18-19H,8-9H2/t12-,14-,15+,18+,19-/m0/s1. The largest absolute Gasteiger partial charge is 0.274 e. The molecule has 3 aliphatic rings. The number of carbonyl (C=O) groups excluding carboxylic acids is 2. The molecule has 2 aromatic carbocycles. The third-order valence-corrected chi connectivity index (χ3v) is 6.95. The van der Waals surface area contributed by atoms with Crippen LogP contribution in [0.5, 0.6) is 0 Å². The number of nitrogens with zero attached hydrogens (tertiary/aromatic N) is 1. The van der Waals surface area contributed by atoms with E-state index in [1.807, 2.05) is 18.2 Å². The molecule has 2 bridgehead atoms. The summed E-state index contributed by atoms with van der Waals surface area (Å²) in [5.41, 5.74) is 1.69. The molecule has 3 nitrogen and oxygen atoms in total. The summed E-state index contributed by atoms with van der Waals surface area (Å²) in [6, 6.07) is 15.3. The number of anilines is 1. The summed E-state index contributed by atoms with van der Waals surface area (Å²) in [5, 5.41) is 0.843. The van der Waals surface area contributed by atoms with Crippen LogP contribution >= 0.6 is 23.2 Å². The van der Waals surface area contributed by atoms with Crippen LogP contribution in [0.1, 0.15) is 24.3 Å². The van der Waals surface area contributed by atoms with Crippen molar-refractivity contribution in [1.29, 1.82) is 0 Å². The fraction of sp³-hybridized carbons (Fsp3) is 0.333. The highest BCUT2D eigenvalue weighted by molar-refractivity contribution is 6.37. The molecule has 132 valence electrons. The molecule has 2 aromatic rings. The van der Waals surface area contributed by atoms with Gasteiger partial charge in [-0.25, -0.2) is 4.90 Å². The Hall–Kier alpha value is -1.84. The Bertz CT molecular complexity index is 913. The van der Waals surface area contributed by atoms with Gasteiger partial charge in [-0.05, 0) is 54.4 Å². The fourth-order valence-corrected chi connectivity index (χ4v) is 5.81. The van der Waals surface area contributed by atoms with Gasteiger partial charge in [0.1, 0.15) is 0 Å². The zero-order valence-corrected chi connectivity index (χ0v) is 15.5. The zero-order valence-electron chi connectivity index (χ0n) is 13.9. The van der Waals surface area contributed by atoms with E-state index >= 15 is 0 Å². The minimum Gasteiger partial charge on any atom is -0.274 e. The van der Waals surface area contributed by atoms with Gasteiger partial charge >= 0.3 is 0 Å². The molecule has 2 aliphatic carbocycles. The first-order chi connectivity index (χ1) is 12.6. The molecule has 0 aromatic heterocycles. The lowest BCUT2D eigenvalue weighted by atomic mass is 9.73. The van der Waals surface area contributed by atoms with Crippen molar-refractivity contribution in [1.82, 2.24) is 0 Å². The van der Waals surface area contributed by atoms with Gasteiger partial charge in [-0.2, -0.15) is 0 Å². The first-order valence-corrected chi connectivity index (χ1v) is 9.69. The Morgan fingerprint density at radius 3 is 2.38 bits per heavy atom. The Kier molecular flexibility index (Phi) is 3.67. The molecule has 2 amide bonds. The summed E-state index contributed by atoms with van der Waals surface area (Å²) < 4.78 is 0. The summed E-state index contributed by atoms with van der Waals surface area (Å²) in [4.78, 5) is 27.6. The van der Waals surface area contributed by atoms with Crippen molar-refractivity contribution in [2.75, 3.05) is 4.90 Å². The molecular weight excluding hydrogens is 369 g/mol. The van der Waals surface area contributed by atoms with Crippen molar-refractivity contribution in [2.45, 2.75) is 18.8 Å². The Morgan fingerprint density at radius 2 is 1.62 bits per heavy atom. The smallest absolute Gasteiger partial charge is 0.238 e.